The Morgan fingerprint density at radius 3 is 2.55 bits per heavy atom. The summed E-state index contributed by atoms with van der Waals surface area (Å²) in [7, 11) is 0. The molecule has 216 valence electrons. The Labute approximate surface area is 226 Å². The van der Waals surface area contributed by atoms with E-state index < -0.39 is 48.8 Å². The van der Waals surface area contributed by atoms with Crippen molar-refractivity contribution in [1.82, 2.24) is 25.8 Å². The van der Waals surface area contributed by atoms with Crippen LogP contribution in [0.3, 0.4) is 0 Å². The number of rotatable bonds is 9. The van der Waals surface area contributed by atoms with Crippen molar-refractivity contribution in [2.45, 2.75) is 88.4 Å². The maximum absolute atomic E-state index is 13.9. The molecule has 2 fully saturated rings. The van der Waals surface area contributed by atoms with Crippen molar-refractivity contribution in [3.05, 3.63) is 47.1 Å². The second-order valence-electron chi connectivity index (χ2n) is 10.8. The van der Waals surface area contributed by atoms with Crippen molar-refractivity contribution in [2.24, 2.45) is 5.92 Å². The smallest absolute Gasteiger partial charge is 0.364 e. The number of aromatic amines is 1. The van der Waals surface area contributed by atoms with Gasteiger partial charge < -0.3 is 20.1 Å². The number of nitrogens with zero attached hydrogens (tertiary/aromatic N) is 2. The highest BCUT2D eigenvalue weighted by Gasteiger charge is 2.40. The van der Waals surface area contributed by atoms with Crippen LogP contribution >= 0.6 is 0 Å². The third-order valence-corrected chi connectivity index (χ3v) is 7.66. The highest BCUT2D eigenvalue weighted by molar-refractivity contribution is 5.95. The first-order valence-electron chi connectivity index (χ1n) is 13.4. The Hall–Kier alpha value is -3.51. The molecule has 3 aromatic rings. The summed E-state index contributed by atoms with van der Waals surface area (Å²) in [6.07, 6.45) is -3.35. The van der Waals surface area contributed by atoms with E-state index in [4.69, 9.17) is 4.52 Å². The zero-order chi connectivity index (χ0) is 28.7. The number of alkyl halides is 5. The van der Waals surface area contributed by atoms with Crippen LogP contribution in [-0.2, 0) is 4.79 Å². The summed E-state index contributed by atoms with van der Waals surface area (Å²) in [6, 6.07) is 3.88. The molecule has 2 aliphatic carbocycles. The lowest BCUT2D eigenvalue weighted by Gasteiger charge is -2.33. The Balaban J connectivity index is 1.36. The Kier molecular flexibility index (Phi) is 7.58. The second-order valence-corrected chi connectivity index (χ2v) is 10.8. The van der Waals surface area contributed by atoms with E-state index >= 15 is 0 Å². The van der Waals surface area contributed by atoms with Gasteiger partial charge in [0.25, 0.3) is 5.91 Å². The first kappa shape index (κ1) is 28.0. The normalized spacial score (nSPS) is 19.4. The van der Waals surface area contributed by atoms with Gasteiger partial charge >= 0.3 is 6.18 Å². The summed E-state index contributed by atoms with van der Waals surface area (Å²) in [6.45, 7) is 1.65. The minimum atomic E-state index is -4.42. The molecule has 2 atom stereocenters. The molecule has 2 heterocycles. The molecule has 0 spiro atoms. The zero-order valence-corrected chi connectivity index (χ0v) is 21.8. The Morgan fingerprint density at radius 2 is 1.88 bits per heavy atom. The number of hydrogen-bond donors (Lipinski definition) is 3. The molecule has 40 heavy (non-hydrogen) atoms. The summed E-state index contributed by atoms with van der Waals surface area (Å²) in [5, 5.41) is 9.52. The van der Waals surface area contributed by atoms with Crippen molar-refractivity contribution in [3.8, 4) is 0 Å². The minimum Gasteiger partial charge on any atom is -0.364 e. The van der Waals surface area contributed by atoms with E-state index in [-0.39, 0.29) is 37.5 Å². The molecule has 13 heteroatoms. The summed E-state index contributed by atoms with van der Waals surface area (Å²) in [4.78, 5) is 33.1. The summed E-state index contributed by atoms with van der Waals surface area (Å²) >= 11 is 0. The maximum Gasteiger partial charge on any atom is 0.389 e. The summed E-state index contributed by atoms with van der Waals surface area (Å²) in [5.74, 6) is -3.60. The van der Waals surface area contributed by atoms with Gasteiger partial charge in [-0.2, -0.15) is 13.2 Å². The van der Waals surface area contributed by atoms with Gasteiger partial charge in [-0.1, -0.05) is 11.2 Å². The summed E-state index contributed by atoms with van der Waals surface area (Å²) < 4.78 is 70.3. The van der Waals surface area contributed by atoms with Crippen LogP contribution in [0.15, 0.2) is 29.0 Å². The lowest BCUT2D eigenvalue weighted by Crippen LogP contribution is -2.37. The number of amides is 2. The predicted molar refractivity (Wildman–Crippen MR) is 134 cm³/mol. The molecule has 2 aliphatic rings. The fraction of sp³-hybridized carbons (Fsp3) is 0.556. The number of fused-ring (bicyclic) bond motifs is 1. The molecule has 2 amide bonds. The Bertz CT molecular complexity index is 1370. The van der Waals surface area contributed by atoms with Crippen molar-refractivity contribution in [2.75, 3.05) is 0 Å². The lowest BCUT2D eigenvalue weighted by molar-refractivity contribution is -0.144. The molecule has 0 saturated heterocycles. The molecule has 0 aliphatic heterocycles. The van der Waals surface area contributed by atoms with Gasteiger partial charge in [0.15, 0.2) is 0 Å². The van der Waals surface area contributed by atoms with E-state index in [9.17, 15) is 31.5 Å². The molecule has 2 aromatic heterocycles. The van der Waals surface area contributed by atoms with Gasteiger partial charge in [-0.25, -0.2) is 13.8 Å². The average Bonchev–Trinajstić information content (AvgIpc) is 3.45. The zero-order valence-electron chi connectivity index (χ0n) is 21.8. The van der Waals surface area contributed by atoms with Crippen LogP contribution in [0.4, 0.5) is 22.0 Å². The minimum absolute atomic E-state index is 0.173. The number of carbonyl (C=O) groups excluding carboxylic acids is 2. The van der Waals surface area contributed by atoms with Gasteiger partial charge in [-0.15, -0.1) is 0 Å². The number of benzene rings is 1. The molecule has 0 radical (unpaired) electrons. The molecule has 0 unspecified atom stereocenters. The number of hydrogen-bond acceptors (Lipinski definition) is 5. The van der Waals surface area contributed by atoms with E-state index in [0.717, 1.165) is 12.8 Å². The van der Waals surface area contributed by atoms with Crippen LogP contribution < -0.4 is 10.6 Å². The van der Waals surface area contributed by atoms with Crippen LogP contribution in [0.25, 0.3) is 11.0 Å². The van der Waals surface area contributed by atoms with E-state index in [0.29, 0.717) is 33.7 Å². The third-order valence-electron chi connectivity index (χ3n) is 7.66. The standard InChI is InChI=1S/C27H30F5N5O3/c1-14(33-21(38)8-11-27(30,31)32)17-4-5-19-20(12-17)35-24(34-19)23(16-6-9-26(28,29)10-7-16)36-25(39)18-13-40-37-22(18)15-2-3-15/h4-5,12-16,23H,2-3,6-11H2,1H3,(H,33,38)(H,34,35)(H,36,39)/t14-,23+/m1/s1. The first-order valence-corrected chi connectivity index (χ1v) is 13.4. The molecule has 5 rings (SSSR count). The van der Waals surface area contributed by atoms with Crippen LogP contribution in [0, 0.1) is 5.92 Å². The molecular weight excluding hydrogens is 537 g/mol. The molecule has 8 nitrogen and oxygen atoms in total. The molecule has 2 saturated carbocycles. The highest BCUT2D eigenvalue weighted by Crippen LogP contribution is 2.43. The predicted octanol–water partition coefficient (Wildman–Crippen LogP) is 6.24. The van der Waals surface area contributed by atoms with Crippen LogP contribution in [0.5, 0.6) is 0 Å². The molecule has 1 aromatic carbocycles. The van der Waals surface area contributed by atoms with Crippen molar-refractivity contribution < 1.29 is 36.1 Å². The van der Waals surface area contributed by atoms with E-state index in [1.54, 1.807) is 25.1 Å². The molecule has 3 N–H and O–H groups in total. The van der Waals surface area contributed by atoms with Crippen molar-refractivity contribution in [1.29, 1.82) is 0 Å². The molecular formula is C27H30F5N5O3. The van der Waals surface area contributed by atoms with Crippen LogP contribution in [0.2, 0.25) is 0 Å². The van der Waals surface area contributed by atoms with Gasteiger partial charge in [-0.05, 0) is 56.2 Å². The van der Waals surface area contributed by atoms with Gasteiger partial charge in [0.2, 0.25) is 11.8 Å². The second kappa shape index (κ2) is 10.8. The van der Waals surface area contributed by atoms with E-state index in [1.807, 2.05) is 0 Å². The van der Waals surface area contributed by atoms with Gasteiger partial charge in [-0.3, -0.25) is 9.59 Å². The number of halogens is 5. The highest BCUT2D eigenvalue weighted by atomic mass is 19.4. The monoisotopic (exact) mass is 567 g/mol. The lowest BCUT2D eigenvalue weighted by atomic mass is 9.81. The van der Waals surface area contributed by atoms with Crippen LogP contribution in [0.1, 0.15) is 104 Å². The van der Waals surface area contributed by atoms with Gasteiger partial charge in [0.1, 0.15) is 17.7 Å². The van der Waals surface area contributed by atoms with E-state index in [1.165, 1.54) is 6.26 Å². The number of carbonyl (C=O) groups is 2. The fourth-order valence-corrected chi connectivity index (χ4v) is 5.20. The topological polar surface area (TPSA) is 113 Å². The SMILES string of the molecule is C[C@@H](NC(=O)CCC(F)(F)F)c1ccc2[nH]c([C@@H](NC(=O)c3conc3C3CC3)C3CCC(F)(F)CC3)nc2c1. The maximum atomic E-state index is 13.9. The number of imidazole rings is 1. The van der Waals surface area contributed by atoms with Crippen LogP contribution in [-0.4, -0.2) is 39.0 Å². The Morgan fingerprint density at radius 1 is 1.15 bits per heavy atom. The average molecular weight is 568 g/mol. The molecule has 0 bridgehead atoms. The number of H-pyrrole nitrogens is 1. The van der Waals surface area contributed by atoms with Gasteiger partial charge in [0.05, 0.1) is 35.2 Å². The largest absolute Gasteiger partial charge is 0.389 e. The van der Waals surface area contributed by atoms with Crippen molar-refractivity contribution >= 4 is 22.8 Å². The van der Waals surface area contributed by atoms with Gasteiger partial charge in [0, 0.05) is 25.2 Å². The fourth-order valence-electron chi connectivity index (χ4n) is 5.20. The summed E-state index contributed by atoms with van der Waals surface area (Å²) in [5.41, 5.74) is 2.67. The number of aromatic nitrogens is 3. The first-order chi connectivity index (χ1) is 18.9. The quantitative estimate of drug-likeness (QED) is 0.265. The number of nitrogens with one attached hydrogen (secondary N) is 3. The third kappa shape index (κ3) is 6.61. The van der Waals surface area contributed by atoms with Crippen molar-refractivity contribution in [3.63, 3.8) is 0 Å². The van der Waals surface area contributed by atoms with E-state index in [2.05, 4.69) is 25.8 Å².